The summed E-state index contributed by atoms with van der Waals surface area (Å²) in [6, 6.07) is 9.59. The summed E-state index contributed by atoms with van der Waals surface area (Å²) in [5, 5.41) is 3.15. The summed E-state index contributed by atoms with van der Waals surface area (Å²) in [4.78, 5) is 12.0. The zero-order valence-corrected chi connectivity index (χ0v) is 13.0. The van der Waals surface area contributed by atoms with E-state index in [1.807, 2.05) is 65.0 Å². The summed E-state index contributed by atoms with van der Waals surface area (Å²) < 4.78 is 10.9. The number of ether oxygens (including phenoxy) is 2. The van der Waals surface area contributed by atoms with Gasteiger partial charge in [-0.2, -0.15) is 0 Å². The maximum absolute atomic E-state index is 12.0. The van der Waals surface area contributed by atoms with Gasteiger partial charge in [-0.05, 0) is 46.8 Å². The van der Waals surface area contributed by atoms with Crippen molar-refractivity contribution >= 4 is 5.97 Å². The van der Waals surface area contributed by atoms with Crippen LogP contribution in [0.1, 0.15) is 34.6 Å². The minimum Gasteiger partial charge on any atom is -0.492 e. The Morgan fingerprint density at radius 1 is 1.10 bits per heavy atom. The van der Waals surface area contributed by atoms with Crippen LogP contribution in [-0.2, 0) is 9.53 Å². The molecule has 0 atom stereocenters. The Bertz CT molecular complexity index is 421. The molecule has 112 valence electrons. The van der Waals surface area contributed by atoms with E-state index in [1.54, 1.807) is 0 Å². The molecule has 20 heavy (non-hydrogen) atoms. The lowest BCUT2D eigenvalue weighted by atomic mass is 10.1. The fourth-order valence-electron chi connectivity index (χ4n) is 1.53. The summed E-state index contributed by atoms with van der Waals surface area (Å²) in [6.45, 7) is 10.3. The van der Waals surface area contributed by atoms with E-state index in [0.717, 1.165) is 5.75 Å². The van der Waals surface area contributed by atoms with Crippen LogP contribution in [0.4, 0.5) is 0 Å². The first-order chi connectivity index (χ1) is 9.21. The SMILES string of the molecule is CC(C)(C)OC(=O)C(C)(C)NCCOc1ccccc1. The molecule has 1 aromatic rings. The van der Waals surface area contributed by atoms with Crippen molar-refractivity contribution < 1.29 is 14.3 Å². The summed E-state index contributed by atoms with van der Waals surface area (Å²) >= 11 is 0. The molecule has 1 N–H and O–H groups in total. The van der Waals surface area contributed by atoms with Crippen molar-refractivity contribution in [3.63, 3.8) is 0 Å². The second-order valence-corrected chi connectivity index (χ2v) is 6.22. The Balaban J connectivity index is 2.34. The fraction of sp³-hybridized carbons (Fsp3) is 0.562. The molecule has 4 nitrogen and oxygen atoms in total. The zero-order chi connectivity index (χ0) is 15.2. The van der Waals surface area contributed by atoms with E-state index in [4.69, 9.17) is 9.47 Å². The molecule has 4 heteroatoms. The van der Waals surface area contributed by atoms with Crippen LogP contribution in [0.5, 0.6) is 5.75 Å². The highest BCUT2D eigenvalue weighted by molar-refractivity contribution is 5.80. The molecule has 0 radical (unpaired) electrons. The zero-order valence-electron chi connectivity index (χ0n) is 13.0. The van der Waals surface area contributed by atoms with Crippen molar-refractivity contribution in [3.8, 4) is 5.75 Å². The van der Waals surface area contributed by atoms with Gasteiger partial charge in [0.25, 0.3) is 0 Å². The summed E-state index contributed by atoms with van der Waals surface area (Å²) in [5.74, 6) is 0.564. The van der Waals surface area contributed by atoms with E-state index < -0.39 is 11.1 Å². The lowest BCUT2D eigenvalue weighted by molar-refractivity contribution is -0.161. The van der Waals surface area contributed by atoms with Crippen molar-refractivity contribution in [2.45, 2.75) is 45.8 Å². The highest BCUT2D eigenvalue weighted by Crippen LogP contribution is 2.14. The molecule has 1 rings (SSSR count). The summed E-state index contributed by atoms with van der Waals surface area (Å²) in [5.41, 5.74) is -1.20. The number of para-hydroxylation sites is 1. The molecule has 0 saturated heterocycles. The van der Waals surface area contributed by atoms with E-state index in [1.165, 1.54) is 0 Å². The minimum absolute atomic E-state index is 0.260. The van der Waals surface area contributed by atoms with Crippen molar-refractivity contribution in [3.05, 3.63) is 30.3 Å². The van der Waals surface area contributed by atoms with Gasteiger partial charge in [0.2, 0.25) is 0 Å². The lowest BCUT2D eigenvalue weighted by Gasteiger charge is -2.29. The van der Waals surface area contributed by atoms with Crippen LogP contribution in [0.25, 0.3) is 0 Å². The average molecular weight is 279 g/mol. The van der Waals surface area contributed by atoms with Crippen LogP contribution >= 0.6 is 0 Å². The number of esters is 1. The maximum atomic E-state index is 12.0. The Morgan fingerprint density at radius 3 is 2.25 bits per heavy atom. The number of nitrogens with one attached hydrogen (secondary N) is 1. The standard InChI is InChI=1S/C16H25NO3/c1-15(2,3)20-14(18)16(4,5)17-11-12-19-13-9-7-6-8-10-13/h6-10,17H,11-12H2,1-5H3. The third-order valence-electron chi connectivity index (χ3n) is 2.59. The molecule has 0 spiro atoms. The van der Waals surface area contributed by atoms with Gasteiger partial charge >= 0.3 is 5.97 Å². The molecular formula is C16H25NO3. The second kappa shape index (κ2) is 6.75. The van der Waals surface area contributed by atoms with Gasteiger partial charge in [-0.1, -0.05) is 18.2 Å². The van der Waals surface area contributed by atoms with Crippen molar-refractivity contribution in [2.75, 3.05) is 13.2 Å². The molecule has 1 aromatic carbocycles. The molecule has 0 unspecified atom stereocenters. The first-order valence-corrected chi connectivity index (χ1v) is 6.87. The highest BCUT2D eigenvalue weighted by Gasteiger charge is 2.31. The van der Waals surface area contributed by atoms with E-state index in [9.17, 15) is 4.79 Å². The van der Waals surface area contributed by atoms with Crippen LogP contribution in [0.15, 0.2) is 30.3 Å². The molecule has 0 saturated carbocycles. The topological polar surface area (TPSA) is 47.6 Å². The monoisotopic (exact) mass is 279 g/mol. The Labute approximate surface area is 121 Å². The third-order valence-corrected chi connectivity index (χ3v) is 2.59. The average Bonchev–Trinajstić information content (AvgIpc) is 2.34. The lowest BCUT2D eigenvalue weighted by Crippen LogP contribution is -2.50. The Morgan fingerprint density at radius 2 is 1.70 bits per heavy atom. The molecule has 0 fully saturated rings. The van der Waals surface area contributed by atoms with Crippen molar-refractivity contribution in [1.82, 2.24) is 5.32 Å². The van der Waals surface area contributed by atoms with Gasteiger partial charge < -0.3 is 9.47 Å². The minimum atomic E-state index is -0.729. The quantitative estimate of drug-likeness (QED) is 0.642. The van der Waals surface area contributed by atoms with Gasteiger partial charge in [-0.25, -0.2) is 0 Å². The normalized spacial score (nSPS) is 12.1. The van der Waals surface area contributed by atoms with E-state index in [0.29, 0.717) is 13.2 Å². The van der Waals surface area contributed by atoms with Crippen molar-refractivity contribution in [1.29, 1.82) is 0 Å². The van der Waals surface area contributed by atoms with Gasteiger partial charge in [-0.3, -0.25) is 10.1 Å². The molecular weight excluding hydrogens is 254 g/mol. The van der Waals surface area contributed by atoms with Crippen molar-refractivity contribution in [2.24, 2.45) is 0 Å². The van der Waals surface area contributed by atoms with Crippen LogP contribution < -0.4 is 10.1 Å². The molecule has 0 heterocycles. The first kappa shape index (κ1) is 16.5. The van der Waals surface area contributed by atoms with Gasteiger partial charge in [-0.15, -0.1) is 0 Å². The van der Waals surface area contributed by atoms with E-state index >= 15 is 0 Å². The van der Waals surface area contributed by atoms with Gasteiger partial charge in [0.1, 0.15) is 23.5 Å². The predicted molar refractivity (Wildman–Crippen MR) is 79.9 cm³/mol. The van der Waals surface area contributed by atoms with Gasteiger partial charge in [0, 0.05) is 6.54 Å². The number of rotatable bonds is 6. The first-order valence-electron chi connectivity index (χ1n) is 6.87. The number of carbonyl (C=O) groups is 1. The largest absolute Gasteiger partial charge is 0.492 e. The fourth-order valence-corrected chi connectivity index (χ4v) is 1.53. The van der Waals surface area contributed by atoms with E-state index in [-0.39, 0.29) is 5.97 Å². The maximum Gasteiger partial charge on any atom is 0.326 e. The number of hydrogen-bond acceptors (Lipinski definition) is 4. The predicted octanol–water partition coefficient (Wildman–Crippen LogP) is 2.78. The molecule has 0 bridgehead atoms. The smallest absolute Gasteiger partial charge is 0.326 e. The van der Waals surface area contributed by atoms with Crippen LogP contribution in [0, 0.1) is 0 Å². The molecule has 0 amide bonds. The molecule has 0 aliphatic carbocycles. The number of hydrogen-bond donors (Lipinski definition) is 1. The van der Waals surface area contributed by atoms with Crippen LogP contribution in [0.3, 0.4) is 0 Å². The second-order valence-electron chi connectivity index (χ2n) is 6.22. The highest BCUT2D eigenvalue weighted by atomic mass is 16.6. The van der Waals surface area contributed by atoms with Gasteiger partial charge in [0.15, 0.2) is 0 Å². The number of carbonyl (C=O) groups excluding carboxylic acids is 1. The number of benzene rings is 1. The Hall–Kier alpha value is -1.55. The summed E-state index contributed by atoms with van der Waals surface area (Å²) in [7, 11) is 0. The van der Waals surface area contributed by atoms with Gasteiger partial charge in [0.05, 0.1) is 0 Å². The summed E-state index contributed by atoms with van der Waals surface area (Å²) in [6.07, 6.45) is 0. The molecule has 0 aliphatic rings. The third kappa shape index (κ3) is 6.06. The molecule has 0 aliphatic heterocycles. The van der Waals surface area contributed by atoms with E-state index in [2.05, 4.69) is 5.32 Å². The molecule has 0 aromatic heterocycles. The van der Waals surface area contributed by atoms with Crippen LogP contribution in [0.2, 0.25) is 0 Å². The van der Waals surface area contributed by atoms with Crippen LogP contribution in [-0.4, -0.2) is 30.3 Å². The Kier molecular flexibility index (Phi) is 5.57.